The number of aldehydes is 1. The average molecular weight is 220 g/mol. The van der Waals surface area contributed by atoms with Gasteiger partial charge in [-0.1, -0.05) is 54.6 Å². The standard InChI is InChI=1S/C16H12O/c17-11-13-7-4-9-15(13)16-10-3-6-12-5-1-2-8-14(12)16/h1-6,8-11H,7H2. The van der Waals surface area contributed by atoms with Crippen LogP contribution in [0.2, 0.25) is 0 Å². The van der Waals surface area contributed by atoms with E-state index < -0.39 is 0 Å². The number of hydrogen-bond acceptors (Lipinski definition) is 1. The van der Waals surface area contributed by atoms with Gasteiger partial charge in [0.1, 0.15) is 6.29 Å². The molecule has 0 spiro atoms. The lowest BCUT2D eigenvalue weighted by Gasteiger charge is -2.07. The lowest BCUT2D eigenvalue weighted by atomic mass is 9.97. The topological polar surface area (TPSA) is 17.1 Å². The molecule has 1 aliphatic rings. The molecule has 0 aliphatic heterocycles. The maximum Gasteiger partial charge on any atom is 0.146 e. The molecule has 82 valence electrons. The van der Waals surface area contributed by atoms with Crippen molar-refractivity contribution in [1.29, 1.82) is 0 Å². The number of fused-ring (bicyclic) bond motifs is 1. The first-order valence-corrected chi connectivity index (χ1v) is 5.73. The molecule has 0 fully saturated rings. The molecule has 0 bridgehead atoms. The number of rotatable bonds is 2. The first kappa shape index (κ1) is 10.0. The van der Waals surface area contributed by atoms with Crippen molar-refractivity contribution in [2.45, 2.75) is 6.42 Å². The SMILES string of the molecule is O=CC1=C(c2cccc3ccccc23)C=CC1. The molecule has 0 saturated heterocycles. The fourth-order valence-electron chi connectivity index (χ4n) is 2.36. The fourth-order valence-corrected chi connectivity index (χ4v) is 2.36. The van der Waals surface area contributed by atoms with E-state index in [2.05, 4.69) is 24.3 Å². The van der Waals surface area contributed by atoms with Crippen LogP contribution in [-0.4, -0.2) is 6.29 Å². The largest absolute Gasteiger partial charge is 0.298 e. The molecular weight excluding hydrogens is 208 g/mol. The minimum atomic E-state index is 0.752. The van der Waals surface area contributed by atoms with Gasteiger partial charge in [0.15, 0.2) is 0 Å². The smallest absolute Gasteiger partial charge is 0.146 e. The maximum absolute atomic E-state index is 11.0. The lowest BCUT2D eigenvalue weighted by Crippen LogP contribution is -1.88. The van der Waals surface area contributed by atoms with Gasteiger partial charge < -0.3 is 0 Å². The Morgan fingerprint density at radius 2 is 1.82 bits per heavy atom. The van der Waals surface area contributed by atoms with E-state index in [-0.39, 0.29) is 0 Å². The Hall–Kier alpha value is -2.15. The molecule has 0 radical (unpaired) electrons. The summed E-state index contributed by atoms with van der Waals surface area (Å²) in [5, 5.41) is 2.42. The third-order valence-corrected chi connectivity index (χ3v) is 3.19. The van der Waals surface area contributed by atoms with Crippen molar-refractivity contribution in [3.63, 3.8) is 0 Å². The summed E-state index contributed by atoms with van der Waals surface area (Å²) >= 11 is 0. The van der Waals surface area contributed by atoms with E-state index in [9.17, 15) is 4.79 Å². The van der Waals surface area contributed by atoms with Crippen LogP contribution in [0.4, 0.5) is 0 Å². The molecule has 2 aromatic rings. The maximum atomic E-state index is 11.0. The molecule has 17 heavy (non-hydrogen) atoms. The molecule has 0 aromatic heterocycles. The van der Waals surface area contributed by atoms with E-state index in [1.807, 2.05) is 30.4 Å². The summed E-state index contributed by atoms with van der Waals surface area (Å²) in [6.07, 6.45) is 5.81. The van der Waals surface area contributed by atoms with Crippen molar-refractivity contribution < 1.29 is 4.79 Å². The van der Waals surface area contributed by atoms with Crippen LogP contribution in [0.15, 0.2) is 60.2 Å². The molecule has 0 N–H and O–H groups in total. The molecule has 0 saturated carbocycles. The van der Waals surface area contributed by atoms with Gasteiger partial charge in [0.05, 0.1) is 0 Å². The van der Waals surface area contributed by atoms with Crippen LogP contribution in [-0.2, 0) is 4.79 Å². The zero-order valence-electron chi connectivity index (χ0n) is 9.39. The van der Waals surface area contributed by atoms with Gasteiger partial charge in [0.25, 0.3) is 0 Å². The molecule has 1 nitrogen and oxygen atoms in total. The highest BCUT2D eigenvalue weighted by atomic mass is 16.1. The summed E-state index contributed by atoms with van der Waals surface area (Å²) < 4.78 is 0. The van der Waals surface area contributed by atoms with Gasteiger partial charge >= 0.3 is 0 Å². The van der Waals surface area contributed by atoms with Crippen LogP contribution in [0.1, 0.15) is 12.0 Å². The summed E-state index contributed by atoms with van der Waals surface area (Å²) in [6, 6.07) is 14.5. The van der Waals surface area contributed by atoms with E-state index in [0.29, 0.717) is 0 Å². The van der Waals surface area contributed by atoms with Crippen molar-refractivity contribution in [1.82, 2.24) is 0 Å². The van der Waals surface area contributed by atoms with E-state index in [1.54, 1.807) is 0 Å². The summed E-state index contributed by atoms with van der Waals surface area (Å²) in [6.45, 7) is 0. The van der Waals surface area contributed by atoms with E-state index >= 15 is 0 Å². The monoisotopic (exact) mass is 220 g/mol. The number of carbonyl (C=O) groups is 1. The average Bonchev–Trinajstić information content (AvgIpc) is 2.86. The third-order valence-electron chi connectivity index (χ3n) is 3.19. The van der Waals surface area contributed by atoms with Crippen molar-refractivity contribution in [3.8, 4) is 0 Å². The third kappa shape index (κ3) is 1.60. The van der Waals surface area contributed by atoms with Crippen molar-refractivity contribution >= 4 is 22.6 Å². The van der Waals surface area contributed by atoms with Gasteiger partial charge in [-0.2, -0.15) is 0 Å². The Kier molecular flexibility index (Phi) is 2.37. The van der Waals surface area contributed by atoms with Gasteiger partial charge in [-0.15, -0.1) is 0 Å². The highest BCUT2D eigenvalue weighted by Gasteiger charge is 2.12. The van der Waals surface area contributed by atoms with Crippen molar-refractivity contribution in [2.75, 3.05) is 0 Å². The molecule has 0 atom stereocenters. The Bertz CT molecular complexity index is 642. The van der Waals surface area contributed by atoms with Crippen LogP contribution < -0.4 is 0 Å². The molecule has 0 heterocycles. The minimum Gasteiger partial charge on any atom is -0.298 e. The zero-order valence-corrected chi connectivity index (χ0v) is 9.39. The first-order valence-electron chi connectivity index (χ1n) is 5.73. The number of benzene rings is 2. The second-order valence-corrected chi connectivity index (χ2v) is 4.19. The van der Waals surface area contributed by atoms with Crippen LogP contribution in [0.25, 0.3) is 16.3 Å². The summed E-state index contributed by atoms with van der Waals surface area (Å²) in [7, 11) is 0. The van der Waals surface area contributed by atoms with Crippen LogP contribution in [0, 0.1) is 0 Å². The van der Waals surface area contributed by atoms with E-state index in [0.717, 1.165) is 29.4 Å². The van der Waals surface area contributed by atoms with Gasteiger partial charge in [-0.3, -0.25) is 4.79 Å². The van der Waals surface area contributed by atoms with Gasteiger partial charge in [0, 0.05) is 5.57 Å². The predicted octanol–water partition coefficient (Wildman–Crippen LogP) is 3.75. The zero-order chi connectivity index (χ0) is 11.7. The minimum absolute atomic E-state index is 0.752. The second-order valence-electron chi connectivity index (χ2n) is 4.19. The van der Waals surface area contributed by atoms with Crippen molar-refractivity contribution in [2.24, 2.45) is 0 Å². The molecule has 3 rings (SSSR count). The van der Waals surface area contributed by atoms with Crippen LogP contribution in [0.5, 0.6) is 0 Å². The van der Waals surface area contributed by atoms with Gasteiger partial charge in [-0.05, 0) is 28.3 Å². The summed E-state index contributed by atoms with van der Waals surface area (Å²) in [5.74, 6) is 0. The summed E-state index contributed by atoms with van der Waals surface area (Å²) in [4.78, 5) is 11.0. The Labute approximate surface area is 100 Å². The predicted molar refractivity (Wildman–Crippen MR) is 70.7 cm³/mol. The molecule has 0 amide bonds. The van der Waals surface area contributed by atoms with Crippen LogP contribution >= 0.6 is 0 Å². The number of allylic oxidation sites excluding steroid dienone is 4. The molecular formula is C16H12O. The molecule has 1 heteroatoms. The van der Waals surface area contributed by atoms with Gasteiger partial charge in [0.2, 0.25) is 0 Å². The first-order chi connectivity index (χ1) is 8.40. The summed E-state index contributed by atoms with van der Waals surface area (Å²) in [5.41, 5.74) is 3.09. The molecule has 0 unspecified atom stereocenters. The van der Waals surface area contributed by atoms with Crippen molar-refractivity contribution in [3.05, 3.63) is 65.8 Å². The Morgan fingerprint density at radius 3 is 2.71 bits per heavy atom. The molecule has 2 aromatic carbocycles. The fraction of sp³-hybridized carbons (Fsp3) is 0.0625. The highest BCUT2D eigenvalue weighted by molar-refractivity contribution is 6.02. The van der Waals surface area contributed by atoms with E-state index in [4.69, 9.17) is 0 Å². The Morgan fingerprint density at radius 1 is 1.00 bits per heavy atom. The molecule has 1 aliphatic carbocycles. The van der Waals surface area contributed by atoms with E-state index in [1.165, 1.54) is 10.8 Å². The quantitative estimate of drug-likeness (QED) is 0.704. The second kappa shape index (κ2) is 4.02. The normalized spacial score (nSPS) is 14.6. The Balaban J connectivity index is 2.31. The highest BCUT2D eigenvalue weighted by Crippen LogP contribution is 2.31. The number of carbonyl (C=O) groups excluding carboxylic acids is 1. The number of hydrogen-bond donors (Lipinski definition) is 0. The van der Waals surface area contributed by atoms with Gasteiger partial charge in [-0.25, -0.2) is 0 Å². The van der Waals surface area contributed by atoms with Crippen LogP contribution in [0.3, 0.4) is 0 Å². The lowest BCUT2D eigenvalue weighted by molar-refractivity contribution is -0.104.